The van der Waals surface area contributed by atoms with Crippen LogP contribution in [0.1, 0.15) is 12.8 Å². The molecule has 0 bridgehead atoms. The second-order valence-electron chi connectivity index (χ2n) is 5.67. The third-order valence-corrected chi connectivity index (χ3v) is 6.80. The molecule has 23 heavy (non-hydrogen) atoms. The maximum Gasteiger partial charge on any atom is 0.317 e. The first kappa shape index (κ1) is 16.8. The van der Waals surface area contributed by atoms with Crippen LogP contribution in [0.2, 0.25) is 10.0 Å². The number of nitrogens with zero attached hydrogens (tertiary/aromatic N) is 2. The van der Waals surface area contributed by atoms with Crippen molar-refractivity contribution in [2.75, 3.05) is 26.2 Å². The Morgan fingerprint density at radius 2 is 1.65 bits per heavy atom. The summed E-state index contributed by atoms with van der Waals surface area (Å²) in [7, 11) is -3.77. The normalized spacial score (nSPS) is 19.7. The van der Waals surface area contributed by atoms with Crippen LogP contribution in [0.3, 0.4) is 0 Å². The van der Waals surface area contributed by atoms with Crippen LogP contribution >= 0.6 is 23.2 Å². The lowest BCUT2D eigenvalue weighted by molar-refractivity contribution is 0.172. The first-order chi connectivity index (χ1) is 10.9. The van der Waals surface area contributed by atoms with Crippen LogP contribution in [0.15, 0.2) is 23.1 Å². The predicted molar refractivity (Wildman–Crippen MR) is 88.3 cm³/mol. The van der Waals surface area contributed by atoms with Crippen LogP contribution in [0, 0.1) is 0 Å². The molecule has 1 saturated carbocycles. The lowest BCUT2D eigenvalue weighted by Gasteiger charge is -2.34. The molecule has 0 radical (unpaired) electrons. The highest BCUT2D eigenvalue weighted by Gasteiger charge is 2.34. The van der Waals surface area contributed by atoms with Crippen LogP contribution < -0.4 is 5.32 Å². The minimum Gasteiger partial charge on any atom is -0.335 e. The van der Waals surface area contributed by atoms with Crippen LogP contribution in [-0.4, -0.2) is 55.9 Å². The quantitative estimate of drug-likeness (QED) is 0.877. The minimum absolute atomic E-state index is 0.0702. The van der Waals surface area contributed by atoms with Gasteiger partial charge in [-0.05, 0) is 25.0 Å². The molecule has 1 heterocycles. The molecule has 2 amide bonds. The number of amides is 2. The van der Waals surface area contributed by atoms with Gasteiger partial charge in [0.2, 0.25) is 10.0 Å². The van der Waals surface area contributed by atoms with Crippen molar-refractivity contribution in [2.45, 2.75) is 23.8 Å². The number of piperazine rings is 1. The van der Waals surface area contributed by atoms with Gasteiger partial charge in [-0.15, -0.1) is 0 Å². The number of nitrogens with one attached hydrogen (secondary N) is 1. The summed E-state index contributed by atoms with van der Waals surface area (Å²) in [6, 6.07) is 4.76. The van der Waals surface area contributed by atoms with E-state index in [9.17, 15) is 13.2 Å². The van der Waals surface area contributed by atoms with Crippen LogP contribution in [0.5, 0.6) is 0 Å². The Kier molecular flexibility index (Phi) is 4.73. The molecule has 6 nitrogen and oxygen atoms in total. The van der Waals surface area contributed by atoms with E-state index in [4.69, 9.17) is 23.2 Å². The van der Waals surface area contributed by atoms with E-state index < -0.39 is 10.0 Å². The van der Waals surface area contributed by atoms with Crippen molar-refractivity contribution in [1.29, 1.82) is 0 Å². The monoisotopic (exact) mass is 377 g/mol. The van der Waals surface area contributed by atoms with Gasteiger partial charge < -0.3 is 10.2 Å². The van der Waals surface area contributed by atoms with Gasteiger partial charge in [0.25, 0.3) is 0 Å². The fourth-order valence-electron chi connectivity index (χ4n) is 2.48. The molecule has 0 aromatic heterocycles. The van der Waals surface area contributed by atoms with E-state index in [0.717, 1.165) is 12.8 Å². The molecule has 9 heteroatoms. The Labute approximate surface area is 145 Å². The van der Waals surface area contributed by atoms with Gasteiger partial charge in [0.15, 0.2) is 0 Å². The van der Waals surface area contributed by atoms with Crippen molar-refractivity contribution in [3.63, 3.8) is 0 Å². The summed E-state index contributed by atoms with van der Waals surface area (Å²) >= 11 is 12.0. The number of carbonyl (C=O) groups excluding carboxylic acids is 1. The first-order valence-electron chi connectivity index (χ1n) is 7.39. The van der Waals surface area contributed by atoms with E-state index in [1.165, 1.54) is 16.4 Å². The molecule has 3 rings (SSSR count). The number of sulfonamides is 1. The minimum atomic E-state index is -3.77. The van der Waals surface area contributed by atoms with Crippen LogP contribution in [0.25, 0.3) is 0 Å². The Morgan fingerprint density at radius 1 is 1.09 bits per heavy atom. The third kappa shape index (κ3) is 3.57. The second-order valence-corrected chi connectivity index (χ2v) is 8.35. The molecule has 1 aromatic rings. The van der Waals surface area contributed by atoms with E-state index >= 15 is 0 Å². The second kappa shape index (κ2) is 6.47. The van der Waals surface area contributed by atoms with Crippen molar-refractivity contribution in [3.8, 4) is 0 Å². The molecule has 0 atom stereocenters. The highest BCUT2D eigenvalue weighted by molar-refractivity contribution is 7.89. The smallest absolute Gasteiger partial charge is 0.317 e. The molecule has 1 saturated heterocycles. The number of benzene rings is 1. The average Bonchev–Trinajstić information content (AvgIpc) is 3.31. The van der Waals surface area contributed by atoms with E-state index in [1.54, 1.807) is 11.0 Å². The SMILES string of the molecule is O=C(NC1CC1)N1CCN(S(=O)(=O)c2c(Cl)cccc2Cl)CC1. The largest absolute Gasteiger partial charge is 0.335 e. The highest BCUT2D eigenvalue weighted by Crippen LogP contribution is 2.31. The van der Waals surface area contributed by atoms with Gasteiger partial charge in [0, 0.05) is 32.2 Å². The fourth-order valence-corrected chi connectivity index (χ4v) is 5.00. The van der Waals surface area contributed by atoms with Gasteiger partial charge in [0.1, 0.15) is 4.90 Å². The van der Waals surface area contributed by atoms with Crippen molar-refractivity contribution in [2.24, 2.45) is 0 Å². The molecule has 0 spiro atoms. The number of carbonyl (C=O) groups is 1. The number of halogens is 2. The standard InChI is InChI=1S/C14H17Cl2N3O3S/c15-11-2-1-3-12(16)13(11)23(21,22)19-8-6-18(7-9-19)14(20)17-10-4-5-10/h1-3,10H,4-9H2,(H,17,20). The summed E-state index contributed by atoms with van der Waals surface area (Å²) in [5.41, 5.74) is 0. The van der Waals surface area contributed by atoms with Crippen molar-refractivity contribution < 1.29 is 13.2 Å². The van der Waals surface area contributed by atoms with E-state index in [1.807, 2.05) is 0 Å². The van der Waals surface area contributed by atoms with E-state index in [0.29, 0.717) is 13.1 Å². The summed E-state index contributed by atoms with van der Waals surface area (Å²) in [6.07, 6.45) is 2.04. The average molecular weight is 378 g/mol. The Morgan fingerprint density at radius 3 is 2.17 bits per heavy atom. The molecule has 126 valence electrons. The summed E-state index contributed by atoms with van der Waals surface area (Å²) in [4.78, 5) is 13.6. The van der Waals surface area contributed by atoms with E-state index in [2.05, 4.69) is 5.32 Å². The van der Waals surface area contributed by atoms with Gasteiger partial charge in [-0.25, -0.2) is 13.2 Å². The molecule has 1 aliphatic carbocycles. The number of rotatable bonds is 3. The summed E-state index contributed by atoms with van der Waals surface area (Å²) in [5.74, 6) is 0. The van der Waals surface area contributed by atoms with Gasteiger partial charge in [-0.3, -0.25) is 0 Å². The lowest BCUT2D eigenvalue weighted by atomic mass is 10.4. The molecule has 1 N–H and O–H groups in total. The van der Waals surface area contributed by atoms with E-state index in [-0.39, 0.29) is 40.1 Å². The molecule has 2 aliphatic rings. The number of hydrogen-bond donors (Lipinski definition) is 1. The van der Waals surface area contributed by atoms with Crippen molar-refractivity contribution in [1.82, 2.24) is 14.5 Å². The zero-order chi connectivity index (χ0) is 16.6. The van der Waals surface area contributed by atoms with Crippen molar-refractivity contribution in [3.05, 3.63) is 28.2 Å². The maximum atomic E-state index is 12.7. The number of urea groups is 1. The molecular weight excluding hydrogens is 361 g/mol. The Hall–Kier alpha value is -1.02. The van der Waals surface area contributed by atoms with Gasteiger partial charge >= 0.3 is 6.03 Å². The topological polar surface area (TPSA) is 69.7 Å². The van der Waals surface area contributed by atoms with Gasteiger partial charge in [0.05, 0.1) is 10.0 Å². The molecule has 1 aliphatic heterocycles. The fraction of sp³-hybridized carbons (Fsp3) is 0.500. The Balaban J connectivity index is 1.70. The predicted octanol–water partition coefficient (Wildman–Crippen LogP) is 2.17. The summed E-state index contributed by atoms with van der Waals surface area (Å²) < 4.78 is 26.8. The van der Waals surface area contributed by atoms with Crippen LogP contribution in [0.4, 0.5) is 4.79 Å². The number of hydrogen-bond acceptors (Lipinski definition) is 3. The maximum absolute atomic E-state index is 12.7. The van der Waals surface area contributed by atoms with Gasteiger partial charge in [-0.1, -0.05) is 29.3 Å². The lowest BCUT2D eigenvalue weighted by Crippen LogP contribution is -2.53. The highest BCUT2D eigenvalue weighted by atomic mass is 35.5. The summed E-state index contributed by atoms with van der Waals surface area (Å²) in [5, 5.41) is 3.11. The molecule has 2 fully saturated rings. The third-order valence-electron chi connectivity index (χ3n) is 3.95. The summed E-state index contributed by atoms with van der Waals surface area (Å²) in [6.45, 7) is 1.14. The zero-order valence-corrected chi connectivity index (χ0v) is 14.7. The molecular formula is C14H17Cl2N3O3S. The van der Waals surface area contributed by atoms with Crippen LogP contribution in [-0.2, 0) is 10.0 Å². The van der Waals surface area contributed by atoms with Crippen molar-refractivity contribution >= 4 is 39.3 Å². The molecule has 0 unspecified atom stereocenters. The Bertz CT molecular complexity index is 694. The van der Waals surface area contributed by atoms with Gasteiger partial charge in [-0.2, -0.15) is 4.31 Å². The first-order valence-corrected chi connectivity index (χ1v) is 9.59. The molecule has 1 aromatic carbocycles. The zero-order valence-electron chi connectivity index (χ0n) is 12.3.